The molecular weight excluding hydrogens is 208 g/mol. The van der Waals surface area contributed by atoms with Crippen LogP contribution >= 0.6 is 0 Å². The number of carbonyl (C=O) groups excluding carboxylic acids is 1. The van der Waals surface area contributed by atoms with E-state index in [4.69, 9.17) is 9.47 Å². The number of esters is 1. The molecule has 1 aromatic heterocycles. The van der Waals surface area contributed by atoms with Gasteiger partial charge in [0.2, 0.25) is 5.88 Å². The van der Waals surface area contributed by atoms with Gasteiger partial charge in [0.05, 0.1) is 32.0 Å². The normalized spacial score (nSPS) is 9.62. The lowest BCUT2D eigenvalue weighted by Crippen LogP contribution is -2.11. The summed E-state index contributed by atoms with van der Waals surface area (Å²) in [6, 6.07) is 3.60. The van der Waals surface area contributed by atoms with Gasteiger partial charge in [-0.3, -0.25) is 4.79 Å². The van der Waals surface area contributed by atoms with Gasteiger partial charge in [-0.2, -0.15) is 0 Å². The molecule has 0 saturated carbocycles. The van der Waals surface area contributed by atoms with Gasteiger partial charge in [0.15, 0.2) is 0 Å². The van der Waals surface area contributed by atoms with Crippen LogP contribution in [-0.4, -0.2) is 31.2 Å². The number of methoxy groups -OCH3 is 1. The Hall–Kier alpha value is -1.78. The van der Waals surface area contributed by atoms with Crippen molar-refractivity contribution >= 4 is 11.7 Å². The molecule has 0 saturated heterocycles. The zero-order valence-electron chi connectivity index (χ0n) is 9.53. The second kappa shape index (κ2) is 6.66. The van der Waals surface area contributed by atoms with Crippen LogP contribution in [0.15, 0.2) is 18.3 Å². The molecule has 0 atom stereocenters. The van der Waals surface area contributed by atoms with E-state index < -0.39 is 0 Å². The van der Waals surface area contributed by atoms with Crippen LogP contribution in [0.25, 0.3) is 0 Å². The van der Waals surface area contributed by atoms with Gasteiger partial charge in [-0.1, -0.05) is 0 Å². The van der Waals surface area contributed by atoms with Crippen molar-refractivity contribution in [2.45, 2.75) is 13.3 Å². The number of carbonyl (C=O) groups is 1. The molecule has 88 valence electrons. The van der Waals surface area contributed by atoms with E-state index in [-0.39, 0.29) is 5.97 Å². The summed E-state index contributed by atoms with van der Waals surface area (Å²) < 4.78 is 9.73. The molecule has 0 fully saturated rings. The molecule has 0 aromatic carbocycles. The molecule has 0 amide bonds. The van der Waals surface area contributed by atoms with Crippen molar-refractivity contribution < 1.29 is 14.3 Å². The number of nitrogens with zero attached hydrogens (tertiary/aromatic N) is 1. The van der Waals surface area contributed by atoms with Gasteiger partial charge < -0.3 is 14.8 Å². The third-order valence-corrected chi connectivity index (χ3v) is 1.91. The number of hydrogen-bond donors (Lipinski definition) is 1. The first-order valence-corrected chi connectivity index (χ1v) is 5.15. The fraction of sp³-hybridized carbons (Fsp3) is 0.455. The maximum atomic E-state index is 11.0. The monoisotopic (exact) mass is 224 g/mol. The minimum atomic E-state index is -0.198. The quantitative estimate of drug-likeness (QED) is 0.741. The lowest BCUT2D eigenvalue weighted by molar-refractivity contribution is -0.142. The van der Waals surface area contributed by atoms with Crippen molar-refractivity contribution in [3.8, 4) is 5.88 Å². The van der Waals surface area contributed by atoms with Gasteiger partial charge in [-0.05, 0) is 13.0 Å². The summed E-state index contributed by atoms with van der Waals surface area (Å²) in [5.41, 5.74) is 0.852. The molecule has 1 rings (SSSR count). The van der Waals surface area contributed by atoms with Crippen LogP contribution in [-0.2, 0) is 9.53 Å². The zero-order chi connectivity index (χ0) is 11.8. The molecule has 0 radical (unpaired) electrons. The number of aromatic nitrogens is 1. The number of anilines is 1. The molecule has 0 aliphatic heterocycles. The SMILES string of the molecule is CCOC(=O)CCNc1ccc(OC)nc1. The van der Waals surface area contributed by atoms with E-state index in [0.29, 0.717) is 25.5 Å². The van der Waals surface area contributed by atoms with E-state index in [1.165, 1.54) is 0 Å². The van der Waals surface area contributed by atoms with E-state index >= 15 is 0 Å². The van der Waals surface area contributed by atoms with Gasteiger partial charge in [-0.15, -0.1) is 0 Å². The second-order valence-corrected chi connectivity index (χ2v) is 3.07. The Morgan fingerprint density at radius 1 is 1.50 bits per heavy atom. The highest BCUT2D eigenvalue weighted by molar-refractivity contribution is 5.70. The van der Waals surface area contributed by atoms with Gasteiger partial charge >= 0.3 is 5.97 Å². The first-order valence-electron chi connectivity index (χ1n) is 5.15. The van der Waals surface area contributed by atoms with Crippen molar-refractivity contribution in [1.29, 1.82) is 0 Å². The highest BCUT2D eigenvalue weighted by Gasteiger charge is 2.01. The lowest BCUT2D eigenvalue weighted by atomic mass is 10.3. The summed E-state index contributed by atoms with van der Waals surface area (Å²) in [4.78, 5) is 15.1. The maximum absolute atomic E-state index is 11.0. The van der Waals surface area contributed by atoms with Crippen molar-refractivity contribution in [2.75, 3.05) is 25.6 Å². The fourth-order valence-electron chi connectivity index (χ4n) is 1.15. The number of pyridine rings is 1. The number of hydrogen-bond acceptors (Lipinski definition) is 5. The molecular formula is C11H16N2O3. The summed E-state index contributed by atoms with van der Waals surface area (Å²) in [5.74, 6) is 0.368. The molecule has 16 heavy (non-hydrogen) atoms. The molecule has 0 spiro atoms. The molecule has 0 aliphatic rings. The van der Waals surface area contributed by atoms with Crippen LogP contribution in [0.2, 0.25) is 0 Å². The average molecular weight is 224 g/mol. The van der Waals surface area contributed by atoms with E-state index in [1.54, 1.807) is 26.3 Å². The van der Waals surface area contributed by atoms with E-state index in [0.717, 1.165) is 5.69 Å². The van der Waals surface area contributed by atoms with Crippen molar-refractivity contribution in [2.24, 2.45) is 0 Å². The van der Waals surface area contributed by atoms with E-state index in [1.807, 2.05) is 6.07 Å². The first-order chi connectivity index (χ1) is 7.76. The number of ether oxygens (including phenoxy) is 2. The largest absolute Gasteiger partial charge is 0.481 e. The van der Waals surface area contributed by atoms with Gasteiger partial charge in [0.25, 0.3) is 0 Å². The Morgan fingerprint density at radius 3 is 2.88 bits per heavy atom. The minimum absolute atomic E-state index is 0.198. The van der Waals surface area contributed by atoms with Crippen LogP contribution in [0.1, 0.15) is 13.3 Å². The fourth-order valence-corrected chi connectivity index (χ4v) is 1.15. The number of nitrogens with one attached hydrogen (secondary N) is 1. The number of rotatable bonds is 6. The second-order valence-electron chi connectivity index (χ2n) is 3.07. The lowest BCUT2D eigenvalue weighted by Gasteiger charge is -2.06. The Labute approximate surface area is 94.8 Å². The zero-order valence-corrected chi connectivity index (χ0v) is 9.53. The predicted molar refractivity (Wildman–Crippen MR) is 60.5 cm³/mol. The highest BCUT2D eigenvalue weighted by Crippen LogP contribution is 2.10. The molecule has 5 nitrogen and oxygen atoms in total. The molecule has 0 unspecified atom stereocenters. The van der Waals surface area contributed by atoms with Crippen LogP contribution in [0.4, 0.5) is 5.69 Å². The summed E-state index contributed by atoms with van der Waals surface area (Å²) in [6.07, 6.45) is 2.00. The Kier molecular flexibility index (Phi) is 5.11. The highest BCUT2D eigenvalue weighted by atomic mass is 16.5. The van der Waals surface area contributed by atoms with Crippen LogP contribution < -0.4 is 10.1 Å². The third-order valence-electron chi connectivity index (χ3n) is 1.91. The minimum Gasteiger partial charge on any atom is -0.481 e. The van der Waals surface area contributed by atoms with Crippen LogP contribution in [0, 0.1) is 0 Å². The van der Waals surface area contributed by atoms with Gasteiger partial charge in [0.1, 0.15) is 0 Å². The van der Waals surface area contributed by atoms with E-state index in [2.05, 4.69) is 10.3 Å². The molecule has 1 heterocycles. The topological polar surface area (TPSA) is 60.5 Å². The van der Waals surface area contributed by atoms with Crippen molar-refractivity contribution in [3.63, 3.8) is 0 Å². The van der Waals surface area contributed by atoms with E-state index in [9.17, 15) is 4.79 Å². The predicted octanol–water partition coefficient (Wildman–Crippen LogP) is 1.46. The standard InChI is InChI=1S/C11H16N2O3/c1-3-16-11(14)6-7-12-9-4-5-10(15-2)13-8-9/h4-5,8,12H,3,6-7H2,1-2H3. The Balaban J connectivity index is 2.29. The summed E-state index contributed by atoms with van der Waals surface area (Å²) in [6.45, 7) is 2.74. The molecule has 5 heteroatoms. The molecule has 1 N–H and O–H groups in total. The Bertz CT molecular complexity index is 325. The summed E-state index contributed by atoms with van der Waals surface area (Å²) in [5, 5.41) is 3.07. The molecule has 1 aromatic rings. The van der Waals surface area contributed by atoms with Gasteiger partial charge in [-0.25, -0.2) is 4.98 Å². The smallest absolute Gasteiger partial charge is 0.307 e. The maximum Gasteiger partial charge on any atom is 0.307 e. The van der Waals surface area contributed by atoms with Gasteiger partial charge in [0, 0.05) is 12.6 Å². The van der Waals surface area contributed by atoms with Crippen LogP contribution in [0.5, 0.6) is 5.88 Å². The van der Waals surface area contributed by atoms with Crippen molar-refractivity contribution in [3.05, 3.63) is 18.3 Å². The first kappa shape index (κ1) is 12.3. The van der Waals surface area contributed by atoms with Crippen LogP contribution in [0.3, 0.4) is 0 Å². The summed E-state index contributed by atoms with van der Waals surface area (Å²) >= 11 is 0. The third kappa shape index (κ3) is 4.16. The molecule has 0 bridgehead atoms. The average Bonchev–Trinajstić information content (AvgIpc) is 2.30. The summed E-state index contributed by atoms with van der Waals surface area (Å²) in [7, 11) is 1.57. The Morgan fingerprint density at radius 2 is 2.31 bits per heavy atom. The van der Waals surface area contributed by atoms with Crippen molar-refractivity contribution in [1.82, 2.24) is 4.98 Å². The molecule has 0 aliphatic carbocycles.